The van der Waals surface area contributed by atoms with Crippen molar-refractivity contribution in [3.05, 3.63) is 35.9 Å². The van der Waals surface area contributed by atoms with Gasteiger partial charge in [-0.25, -0.2) is 0 Å². The molecule has 2 aliphatic rings. The molecule has 0 saturated carbocycles. The number of hydrogen-bond acceptors (Lipinski definition) is 3. The molecular weight excluding hydrogens is 328 g/mol. The summed E-state index contributed by atoms with van der Waals surface area (Å²) in [6, 6.07) is 10.6. The Bertz CT molecular complexity index is 663. The van der Waals surface area contributed by atoms with E-state index in [4.69, 9.17) is 4.74 Å². The molecule has 3 rings (SSSR count). The Hall–Kier alpha value is -1.88. The summed E-state index contributed by atoms with van der Waals surface area (Å²) in [5, 5.41) is 0. The van der Waals surface area contributed by atoms with E-state index in [0.29, 0.717) is 13.1 Å². The molecule has 0 radical (unpaired) electrons. The van der Waals surface area contributed by atoms with E-state index in [0.717, 1.165) is 25.7 Å². The van der Waals surface area contributed by atoms with Gasteiger partial charge in [-0.05, 0) is 45.1 Å². The second-order valence-corrected chi connectivity index (χ2v) is 8.25. The summed E-state index contributed by atoms with van der Waals surface area (Å²) < 4.78 is 5.32. The highest BCUT2D eigenvalue weighted by atomic mass is 16.5. The summed E-state index contributed by atoms with van der Waals surface area (Å²) in [5.41, 5.74) is 0.155. The Morgan fingerprint density at radius 1 is 1.23 bits per heavy atom. The zero-order valence-corrected chi connectivity index (χ0v) is 16.3. The number of nitrogens with zero attached hydrogens (tertiary/aromatic N) is 2. The van der Waals surface area contributed by atoms with Gasteiger partial charge in [-0.2, -0.15) is 0 Å². The molecule has 0 N–H and O–H groups in total. The Kier molecular flexibility index (Phi) is 5.11. The predicted molar refractivity (Wildman–Crippen MR) is 101 cm³/mol. The molecule has 142 valence electrons. The molecule has 5 nitrogen and oxygen atoms in total. The molecule has 0 bridgehead atoms. The van der Waals surface area contributed by atoms with Gasteiger partial charge >= 0.3 is 0 Å². The van der Waals surface area contributed by atoms with Gasteiger partial charge in [0.2, 0.25) is 5.91 Å². The number of likely N-dealkylation sites (N-methyl/N-ethyl adjacent to an activating group) is 1. The summed E-state index contributed by atoms with van der Waals surface area (Å²) >= 11 is 0. The summed E-state index contributed by atoms with van der Waals surface area (Å²) in [7, 11) is 3.49. The minimum absolute atomic E-state index is 0.00878. The van der Waals surface area contributed by atoms with Crippen molar-refractivity contribution in [3.8, 4) is 0 Å². The first-order chi connectivity index (χ1) is 12.3. The van der Waals surface area contributed by atoms with Gasteiger partial charge in [0, 0.05) is 33.3 Å². The number of piperidine rings is 1. The number of carbonyl (C=O) groups is 2. The highest BCUT2D eigenvalue weighted by molar-refractivity contribution is 5.87. The molecule has 1 spiro atoms. The second kappa shape index (κ2) is 7.03. The van der Waals surface area contributed by atoms with Crippen LogP contribution in [0.25, 0.3) is 0 Å². The third-order valence-electron chi connectivity index (χ3n) is 6.30. The number of likely N-dealkylation sites (tertiary alicyclic amines) is 2. The van der Waals surface area contributed by atoms with Gasteiger partial charge in [-0.3, -0.25) is 9.59 Å². The van der Waals surface area contributed by atoms with Crippen LogP contribution in [0.5, 0.6) is 0 Å². The maximum Gasteiger partial charge on any atom is 0.254 e. The lowest BCUT2D eigenvalue weighted by Gasteiger charge is -2.40. The number of amides is 2. The van der Waals surface area contributed by atoms with Crippen molar-refractivity contribution in [2.45, 2.75) is 51.2 Å². The number of carbonyl (C=O) groups excluding carboxylic acids is 2. The van der Waals surface area contributed by atoms with Crippen molar-refractivity contribution < 1.29 is 14.3 Å². The van der Waals surface area contributed by atoms with Crippen molar-refractivity contribution >= 4 is 11.8 Å². The molecule has 2 aliphatic heterocycles. The zero-order chi connectivity index (χ0) is 18.9. The van der Waals surface area contributed by atoms with Crippen molar-refractivity contribution in [1.29, 1.82) is 0 Å². The lowest BCUT2D eigenvalue weighted by Crippen LogP contribution is -2.52. The van der Waals surface area contributed by atoms with Crippen LogP contribution in [0.4, 0.5) is 0 Å². The average Bonchev–Trinajstić information content (AvgIpc) is 2.87. The number of hydrogen-bond donors (Lipinski definition) is 0. The van der Waals surface area contributed by atoms with E-state index in [2.05, 4.69) is 12.1 Å². The summed E-state index contributed by atoms with van der Waals surface area (Å²) in [4.78, 5) is 29.4. The number of benzene rings is 1. The lowest BCUT2D eigenvalue weighted by atomic mass is 9.75. The van der Waals surface area contributed by atoms with E-state index in [9.17, 15) is 9.59 Å². The third-order valence-corrected chi connectivity index (χ3v) is 6.30. The fourth-order valence-corrected chi connectivity index (χ4v) is 4.33. The first-order valence-corrected chi connectivity index (χ1v) is 9.45. The van der Waals surface area contributed by atoms with Crippen LogP contribution in [0.2, 0.25) is 0 Å². The summed E-state index contributed by atoms with van der Waals surface area (Å²) in [6.07, 6.45) is 3.26. The van der Waals surface area contributed by atoms with Crippen LogP contribution >= 0.6 is 0 Å². The van der Waals surface area contributed by atoms with E-state index in [1.807, 2.05) is 35.0 Å². The SMILES string of the molecule is COC(C)(C)C(=O)N1CCC2(CC1)C[C@H](Cc1ccccc1)N(C)C2=O. The summed E-state index contributed by atoms with van der Waals surface area (Å²) in [6.45, 7) is 4.85. The molecule has 2 heterocycles. The molecule has 2 amide bonds. The standard InChI is InChI=1S/C21H30N2O3/c1-20(2,26-4)18(24)23-12-10-21(11-13-23)15-17(22(3)19(21)25)14-16-8-6-5-7-9-16/h5-9,17H,10-15H2,1-4H3/t17-/m0/s1. The minimum Gasteiger partial charge on any atom is -0.369 e. The van der Waals surface area contributed by atoms with Crippen LogP contribution in [0.1, 0.15) is 38.7 Å². The van der Waals surface area contributed by atoms with Gasteiger partial charge in [0.25, 0.3) is 5.91 Å². The number of ether oxygens (including phenoxy) is 1. The smallest absolute Gasteiger partial charge is 0.254 e. The molecule has 1 aromatic rings. The molecule has 0 aromatic heterocycles. The fourth-order valence-electron chi connectivity index (χ4n) is 4.33. The molecule has 0 aliphatic carbocycles. The topological polar surface area (TPSA) is 49.9 Å². The van der Waals surface area contributed by atoms with Gasteiger partial charge in [-0.1, -0.05) is 30.3 Å². The molecule has 5 heteroatoms. The van der Waals surface area contributed by atoms with E-state index in [1.165, 1.54) is 5.56 Å². The van der Waals surface area contributed by atoms with Crippen molar-refractivity contribution in [3.63, 3.8) is 0 Å². The van der Waals surface area contributed by atoms with Crippen LogP contribution in [-0.2, 0) is 20.7 Å². The normalized spacial score (nSPS) is 22.9. The fraction of sp³-hybridized carbons (Fsp3) is 0.619. The van der Waals surface area contributed by atoms with Crippen LogP contribution in [0.15, 0.2) is 30.3 Å². The maximum atomic E-state index is 13.0. The molecule has 2 fully saturated rings. The summed E-state index contributed by atoms with van der Waals surface area (Å²) in [5.74, 6) is 0.256. The average molecular weight is 358 g/mol. The van der Waals surface area contributed by atoms with E-state index < -0.39 is 5.60 Å². The van der Waals surface area contributed by atoms with E-state index >= 15 is 0 Å². The van der Waals surface area contributed by atoms with E-state index in [-0.39, 0.29) is 23.3 Å². The first kappa shape index (κ1) is 18.9. The Balaban J connectivity index is 1.66. The van der Waals surface area contributed by atoms with Crippen molar-refractivity contribution in [2.24, 2.45) is 5.41 Å². The van der Waals surface area contributed by atoms with Gasteiger partial charge in [0.05, 0.1) is 5.41 Å². The third kappa shape index (κ3) is 3.37. The Labute approximate surface area is 156 Å². The molecule has 0 unspecified atom stereocenters. The molecule has 1 atom stereocenters. The van der Waals surface area contributed by atoms with E-state index in [1.54, 1.807) is 21.0 Å². The highest BCUT2D eigenvalue weighted by Gasteiger charge is 2.52. The lowest BCUT2D eigenvalue weighted by molar-refractivity contribution is -0.155. The highest BCUT2D eigenvalue weighted by Crippen LogP contribution is 2.45. The Morgan fingerprint density at radius 3 is 2.42 bits per heavy atom. The minimum atomic E-state index is -0.809. The van der Waals surface area contributed by atoms with Crippen molar-refractivity contribution in [1.82, 2.24) is 9.80 Å². The van der Waals surface area contributed by atoms with Gasteiger partial charge in [0.1, 0.15) is 5.60 Å². The van der Waals surface area contributed by atoms with Crippen LogP contribution in [0.3, 0.4) is 0 Å². The van der Waals surface area contributed by atoms with Gasteiger partial charge in [-0.15, -0.1) is 0 Å². The Morgan fingerprint density at radius 2 is 1.85 bits per heavy atom. The van der Waals surface area contributed by atoms with Crippen molar-refractivity contribution in [2.75, 3.05) is 27.2 Å². The van der Waals surface area contributed by atoms with Gasteiger partial charge < -0.3 is 14.5 Å². The van der Waals surface area contributed by atoms with Crippen LogP contribution in [0, 0.1) is 5.41 Å². The first-order valence-electron chi connectivity index (χ1n) is 9.45. The quantitative estimate of drug-likeness (QED) is 0.831. The number of methoxy groups -OCH3 is 1. The zero-order valence-electron chi connectivity index (χ0n) is 16.3. The molecule has 26 heavy (non-hydrogen) atoms. The predicted octanol–water partition coefficient (Wildman–Crippen LogP) is 2.49. The second-order valence-electron chi connectivity index (χ2n) is 8.25. The largest absolute Gasteiger partial charge is 0.369 e. The monoisotopic (exact) mass is 358 g/mol. The maximum absolute atomic E-state index is 13.0. The van der Waals surface area contributed by atoms with Crippen LogP contribution < -0.4 is 0 Å². The molecule has 2 saturated heterocycles. The van der Waals surface area contributed by atoms with Gasteiger partial charge in [0.15, 0.2) is 0 Å². The van der Waals surface area contributed by atoms with Crippen LogP contribution in [-0.4, -0.2) is 60.5 Å². The molecular formula is C21H30N2O3. The number of rotatable bonds is 4. The molecule has 1 aromatic carbocycles.